The molecule has 1 unspecified atom stereocenters. The van der Waals surface area contributed by atoms with Crippen molar-refractivity contribution >= 4 is 0 Å². The maximum Gasteiger partial charge on any atom is 0.162 e. The second-order valence-electron chi connectivity index (χ2n) is 5.42. The Bertz CT molecular complexity index is 328. The SMILES string of the molecule is CCC(C)OCc1cc(CNC(C)(C)C)no1. The van der Waals surface area contributed by atoms with E-state index in [1.807, 2.05) is 6.07 Å². The van der Waals surface area contributed by atoms with Crippen molar-refractivity contribution in [2.75, 3.05) is 0 Å². The predicted octanol–water partition coefficient (Wildman–Crippen LogP) is 2.88. The third-order valence-corrected chi connectivity index (χ3v) is 2.49. The van der Waals surface area contributed by atoms with E-state index < -0.39 is 0 Å². The molecule has 1 rings (SSSR count). The maximum atomic E-state index is 5.58. The summed E-state index contributed by atoms with van der Waals surface area (Å²) in [5.74, 6) is 0.788. The molecule has 0 aliphatic heterocycles. The fraction of sp³-hybridized carbons (Fsp3) is 0.769. The largest absolute Gasteiger partial charge is 0.370 e. The van der Waals surface area contributed by atoms with Crippen LogP contribution in [-0.4, -0.2) is 16.8 Å². The molecular formula is C13H24N2O2. The molecule has 1 aromatic heterocycles. The molecule has 0 aromatic carbocycles. The van der Waals surface area contributed by atoms with Gasteiger partial charge in [-0.3, -0.25) is 0 Å². The maximum absolute atomic E-state index is 5.58. The van der Waals surface area contributed by atoms with Crippen LogP contribution in [0.2, 0.25) is 0 Å². The molecule has 0 saturated heterocycles. The molecule has 0 bridgehead atoms. The van der Waals surface area contributed by atoms with Crippen LogP contribution in [0.3, 0.4) is 0 Å². The molecule has 1 N–H and O–H groups in total. The molecule has 0 fully saturated rings. The van der Waals surface area contributed by atoms with Crippen molar-refractivity contribution in [2.24, 2.45) is 0 Å². The van der Waals surface area contributed by atoms with Gasteiger partial charge in [0.25, 0.3) is 0 Å². The first-order valence-corrected chi connectivity index (χ1v) is 6.22. The summed E-state index contributed by atoms with van der Waals surface area (Å²) in [6.07, 6.45) is 1.27. The van der Waals surface area contributed by atoms with E-state index in [9.17, 15) is 0 Å². The highest BCUT2D eigenvalue weighted by Crippen LogP contribution is 2.09. The Morgan fingerprint density at radius 2 is 2.18 bits per heavy atom. The smallest absolute Gasteiger partial charge is 0.162 e. The van der Waals surface area contributed by atoms with E-state index in [1.165, 1.54) is 0 Å². The van der Waals surface area contributed by atoms with Crippen LogP contribution in [0.15, 0.2) is 10.6 Å². The van der Waals surface area contributed by atoms with Crippen LogP contribution >= 0.6 is 0 Å². The predicted molar refractivity (Wildman–Crippen MR) is 67.6 cm³/mol. The van der Waals surface area contributed by atoms with E-state index in [-0.39, 0.29) is 11.6 Å². The van der Waals surface area contributed by atoms with Gasteiger partial charge in [0.1, 0.15) is 6.61 Å². The summed E-state index contributed by atoms with van der Waals surface area (Å²) in [4.78, 5) is 0. The average Bonchev–Trinajstić information content (AvgIpc) is 2.70. The highest BCUT2D eigenvalue weighted by atomic mass is 16.5. The molecule has 98 valence electrons. The summed E-state index contributed by atoms with van der Waals surface area (Å²) in [5, 5.41) is 7.37. The number of nitrogens with zero attached hydrogens (tertiary/aromatic N) is 1. The van der Waals surface area contributed by atoms with Crippen LogP contribution in [0.4, 0.5) is 0 Å². The Hall–Kier alpha value is -0.870. The fourth-order valence-corrected chi connectivity index (χ4v) is 1.21. The van der Waals surface area contributed by atoms with Crippen LogP contribution < -0.4 is 5.32 Å². The van der Waals surface area contributed by atoms with Crippen molar-refractivity contribution in [2.45, 2.75) is 65.8 Å². The zero-order valence-electron chi connectivity index (χ0n) is 11.5. The van der Waals surface area contributed by atoms with Gasteiger partial charge in [0.05, 0.1) is 11.8 Å². The minimum absolute atomic E-state index is 0.0896. The normalized spacial score (nSPS) is 13.9. The Kier molecular flexibility index (Phi) is 5.15. The second-order valence-corrected chi connectivity index (χ2v) is 5.42. The van der Waals surface area contributed by atoms with Gasteiger partial charge in [-0.05, 0) is 34.1 Å². The van der Waals surface area contributed by atoms with Crippen LogP contribution in [0, 0.1) is 0 Å². The third kappa shape index (κ3) is 5.84. The summed E-state index contributed by atoms with van der Waals surface area (Å²) in [7, 11) is 0. The molecule has 0 aliphatic rings. The van der Waals surface area contributed by atoms with E-state index in [0.717, 1.165) is 24.4 Å². The molecule has 0 aliphatic carbocycles. The van der Waals surface area contributed by atoms with Gasteiger partial charge >= 0.3 is 0 Å². The number of rotatable bonds is 6. The molecule has 0 radical (unpaired) electrons. The number of ether oxygens (including phenoxy) is 1. The molecule has 4 heteroatoms. The number of aromatic nitrogens is 1. The van der Waals surface area contributed by atoms with Crippen LogP contribution in [0.1, 0.15) is 52.5 Å². The molecule has 0 amide bonds. The molecule has 0 spiro atoms. The standard InChI is InChI=1S/C13H24N2O2/c1-6-10(2)16-9-12-7-11(15-17-12)8-14-13(3,4)5/h7,10,14H,6,8-9H2,1-5H3. The van der Waals surface area contributed by atoms with Gasteiger partial charge in [-0.2, -0.15) is 0 Å². The topological polar surface area (TPSA) is 47.3 Å². The number of hydrogen-bond donors (Lipinski definition) is 1. The zero-order valence-corrected chi connectivity index (χ0v) is 11.5. The van der Waals surface area contributed by atoms with Gasteiger partial charge in [-0.15, -0.1) is 0 Å². The summed E-state index contributed by atoms with van der Waals surface area (Å²) in [6, 6.07) is 1.95. The Labute approximate surface area is 104 Å². The van der Waals surface area contributed by atoms with Gasteiger partial charge in [0, 0.05) is 18.2 Å². The molecule has 0 saturated carbocycles. The van der Waals surface area contributed by atoms with E-state index in [4.69, 9.17) is 9.26 Å². The summed E-state index contributed by atoms with van der Waals surface area (Å²) < 4.78 is 10.8. The molecule has 1 aromatic rings. The summed E-state index contributed by atoms with van der Waals surface area (Å²) >= 11 is 0. The lowest BCUT2D eigenvalue weighted by Gasteiger charge is -2.19. The Morgan fingerprint density at radius 1 is 1.47 bits per heavy atom. The lowest BCUT2D eigenvalue weighted by atomic mass is 10.1. The summed E-state index contributed by atoms with van der Waals surface area (Å²) in [5.41, 5.74) is 1.01. The first-order valence-electron chi connectivity index (χ1n) is 6.22. The molecule has 17 heavy (non-hydrogen) atoms. The van der Waals surface area contributed by atoms with Crippen molar-refractivity contribution in [3.05, 3.63) is 17.5 Å². The monoisotopic (exact) mass is 240 g/mol. The van der Waals surface area contributed by atoms with Crippen LogP contribution in [0.5, 0.6) is 0 Å². The van der Waals surface area contributed by atoms with E-state index in [0.29, 0.717) is 6.61 Å². The summed E-state index contributed by atoms with van der Waals surface area (Å²) in [6.45, 7) is 11.7. The lowest BCUT2D eigenvalue weighted by Crippen LogP contribution is -2.35. The molecule has 1 heterocycles. The highest BCUT2D eigenvalue weighted by molar-refractivity contribution is 5.04. The van der Waals surface area contributed by atoms with Crippen molar-refractivity contribution in [1.82, 2.24) is 10.5 Å². The highest BCUT2D eigenvalue weighted by Gasteiger charge is 2.11. The first kappa shape index (κ1) is 14.2. The van der Waals surface area contributed by atoms with Gasteiger partial charge in [0.15, 0.2) is 5.76 Å². The minimum Gasteiger partial charge on any atom is -0.370 e. The second kappa shape index (κ2) is 6.17. The van der Waals surface area contributed by atoms with Crippen molar-refractivity contribution < 1.29 is 9.26 Å². The Morgan fingerprint density at radius 3 is 2.76 bits per heavy atom. The fourth-order valence-electron chi connectivity index (χ4n) is 1.21. The van der Waals surface area contributed by atoms with E-state index in [2.05, 4.69) is 45.1 Å². The molecule has 4 nitrogen and oxygen atoms in total. The minimum atomic E-state index is 0.0896. The van der Waals surface area contributed by atoms with E-state index >= 15 is 0 Å². The number of hydrogen-bond acceptors (Lipinski definition) is 4. The van der Waals surface area contributed by atoms with Crippen molar-refractivity contribution in [3.8, 4) is 0 Å². The van der Waals surface area contributed by atoms with Crippen LogP contribution in [0.25, 0.3) is 0 Å². The van der Waals surface area contributed by atoms with Crippen molar-refractivity contribution in [1.29, 1.82) is 0 Å². The first-order chi connectivity index (χ1) is 7.90. The van der Waals surface area contributed by atoms with Crippen LogP contribution in [-0.2, 0) is 17.9 Å². The third-order valence-electron chi connectivity index (χ3n) is 2.49. The molecular weight excluding hydrogens is 216 g/mol. The van der Waals surface area contributed by atoms with Gasteiger partial charge in [-0.25, -0.2) is 0 Å². The van der Waals surface area contributed by atoms with Gasteiger partial charge < -0.3 is 14.6 Å². The molecule has 1 atom stereocenters. The van der Waals surface area contributed by atoms with Crippen molar-refractivity contribution in [3.63, 3.8) is 0 Å². The zero-order chi connectivity index (χ0) is 12.9. The van der Waals surface area contributed by atoms with Gasteiger partial charge in [0.2, 0.25) is 0 Å². The Balaban J connectivity index is 2.37. The lowest BCUT2D eigenvalue weighted by molar-refractivity contribution is 0.0377. The van der Waals surface area contributed by atoms with E-state index in [1.54, 1.807) is 0 Å². The number of nitrogens with one attached hydrogen (secondary N) is 1. The average molecular weight is 240 g/mol. The quantitative estimate of drug-likeness (QED) is 0.830. The van der Waals surface area contributed by atoms with Gasteiger partial charge in [-0.1, -0.05) is 12.1 Å².